The van der Waals surface area contributed by atoms with Gasteiger partial charge in [-0.15, -0.1) is 0 Å². The van der Waals surface area contributed by atoms with Crippen molar-refractivity contribution in [1.82, 2.24) is 4.98 Å². The monoisotopic (exact) mass is 285 g/mol. The van der Waals surface area contributed by atoms with Gasteiger partial charge in [-0.3, -0.25) is 4.79 Å². The first kappa shape index (κ1) is 15.0. The van der Waals surface area contributed by atoms with Gasteiger partial charge in [0.2, 0.25) is 11.3 Å². The molecule has 1 heterocycles. The fraction of sp³-hybridized carbons (Fsp3) is 0.294. The first-order valence-corrected chi connectivity index (χ1v) is 6.86. The second-order valence-corrected chi connectivity index (χ2v) is 5.01. The van der Waals surface area contributed by atoms with Gasteiger partial charge in [0.05, 0.1) is 7.11 Å². The third-order valence-electron chi connectivity index (χ3n) is 3.19. The molecule has 0 N–H and O–H groups in total. The van der Waals surface area contributed by atoms with Crippen LogP contribution in [-0.2, 0) is 6.61 Å². The maximum Gasteiger partial charge on any atom is 0.226 e. The minimum Gasteiger partial charge on any atom is -0.493 e. The number of nitrogens with zero attached hydrogens (tertiary/aromatic N) is 1. The maximum absolute atomic E-state index is 12.4. The fourth-order valence-electron chi connectivity index (χ4n) is 1.90. The Morgan fingerprint density at radius 3 is 2.62 bits per heavy atom. The maximum atomic E-state index is 12.4. The molecule has 0 saturated carbocycles. The smallest absolute Gasteiger partial charge is 0.226 e. The number of hydrogen-bond acceptors (Lipinski definition) is 4. The highest BCUT2D eigenvalue weighted by Gasteiger charge is 2.08. The molecule has 0 unspecified atom stereocenters. The highest BCUT2D eigenvalue weighted by atomic mass is 16.5. The quantitative estimate of drug-likeness (QED) is 0.846. The average Bonchev–Trinajstić information content (AvgIpc) is 2.65. The minimum absolute atomic E-state index is 0.152. The van der Waals surface area contributed by atoms with E-state index in [9.17, 15) is 4.79 Å². The van der Waals surface area contributed by atoms with E-state index in [1.807, 2.05) is 18.2 Å². The molecule has 110 valence electrons. The first-order valence-electron chi connectivity index (χ1n) is 6.86. The molecule has 0 aliphatic carbocycles. The van der Waals surface area contributed by atoms with Gasteiger partial charge in [-0.25, -0.2) is 4.98 Å². The number of pyridine rings is 1. The predicted molar refractivity (Wildman–Crippen MR) is 81.9 cm³/mol. The van der Waals surface area contributed by atoms with Gasteiger partial charge in [0.15, 0.2) is 5.75 Å². The van der Waals surface area contributed by atoms with Crippen LogP contribution in [0.1, 0.15) is 30.9 Å². The second-order valence-electron chi connectivity index (χ2n) is 5.01. The summed E-state index contributed by atoms with van der Waals surface area (Å²) in [5.41, 5.74) is 1.44. The third kappa shape index (κ3) is 3.81. The molecule has 4 heteroatoms. The number of rotatable bonds is 5. The Morgan fingerprint density at radius 2 is 2.00 bits per heavy atom. The van der Waals surface area contributed by atoms with Crippen LogP contribution in [0.5, 0.6) is 11.6 Å². The van der Waals surface area contributed by atoms with Gasteiger partial charge < -0.3 is 9.47 Å². The van der Waals surface area contributed by atoms with E-state index in [0.29, 0.717) is 23.1 Å². The molecule has 4 nitrogen and oxygen atoms in total. The molecule has 0 aliphatic rings. The van der Waals surface area contributed by atoms with E-state index in [4.69, 9.17) is 9.47 Å². The standard InChI is InChI=1S/C17H19NO3/c1-12(2)13-7-8-14(17(19)15(10-13)20-3)11-21-16-6-4-5-9-18-16/h4-10,12H,11H2,1-3H3. The Balaban J connectivity index is 2.31. The van der Waals surface area contributed by atoms with E-state index < -0.39 is 0 Å². The molecule has 0 saturated heterocycles. The molecule has 2 aromatic rings. The Morgan fingerprint density at radius 1 is 1.19 bits per heavy atom. The highest BCUT2D eigenvalue weighted by Crippen LogP contribution is 2.17. The summed E-state index contributed by atoms with van der Waals surface area (Å²) in [7, 11) is 1.50. The van der Waals surface area contributed by atoms with E-state index in [0.717, 1.165) is 5.56 Å². The summed E-state index contributed by atoms with van der Waals surface area (Å²) in [4.78, 5) is 16.4. The lowest BCUT2D eigenvalue weighted by Gasteiger charge is -2.03. The van der Waals surface area contributed by atoms with Crippen LogP contribution in [0, 0.1) is 0 Å². The lowest BCUT2D eigenvalue weighted by atomic mass is 10.1. The van der Waals surface area contributed by atoms with Gasteiger partial charge in [0.1, 0.15) is 6.61 Å². The van der Waals surface area contributed by atoms with E-state index >= 15 is 0 Å². The molecule has 1 aromatic carbocycles. The molecule has 2 rings (SSSR count). The minimum atomic E-state index is -0.152. The first-order chi connectivity index (χ1) is 10.1. The molecule has 21 heavy (non-hydrogen) atoms. The molecule has 0 atom stereocenters. The van der Waals surface area contributed by atoms with Crippen molar-refractivity contribution in [2.24, 2.45) is 0 Å². The van der Waals surface area contributed by atoms with Crippen molar-refractivity contribution in [3.63, 3.8) is 0 Å². The van der Waals surface area contributed by atoms with Crippen molar-refractivity contribution >= 4 is 0 Å². The van der Waals surface area contributed by atoms with Crippen molar-refractivity contribution in [2.75, 3.05) is 7.11 Å². The van der Waals surface area contributed by atoms with Gasteiger partial charge in [-0.05, 0) is 23.6 Å². The van der Waals surface area contributed by atoms with E-state index in [2.05, 4.69) is 18.8 Å². The summed E-state index contributed by atoms with van der Waals surface area (Å²) in [5.74, 6) is 1.14. The van der Waals surface area contributed by atoms with Crippen LogP contribution >= 0.6 is 0 Å². The number of aromatic nitrogens is 1. The van der Waals surface area contributed by atoms with Crippen molar-refractivity contribution in [2.45, 2.75) is 26.4 Å². The van der Waals surface area contributed by atoms with Crippen molar-refractivity contribution in [3.05, 3.63) is 63.9 Å². The highest BCUT2D eigenvalue weighted by molar-refractivity contribution is 5.33. The topological polar surface area (TPSA) is 48.4 Å². The molecule has 0 amide bonds. The van der Waals surface area contributed by atoms with Crippen LogP contribution in [0.2, 0.25) is 0 Å². The van der Waals surface area contributed by atoms with Crippen LogP contribution < -0.4 is 14.9 Å². The van der Waals surface area contributed by atoms with Gasteiger partial charge in [-0.2, -0.15) is 0 Å². The number of methoxy groups -OCH3 is 1. The van der Waals surface area contributed by atoms with Crippen molar-refractivity contribution in [3.8, 4) is 11.6 Å². The van der Waals surface area contributed by atoms with Crippen LogP contribution in [-0.4, -0.2) is 12.1 Å². The van der Waals surface area contributed by atoms with Gasteiger partial charge in [0.25, 0.3) is 0 Å². The zero-order valence-electron chi connectivity index (χ0n) is 12.5. The normalized spacial score (nSPS) is 10.5. The average molecular weight is 285 g/mol. The van der Waals surface area contributed by atoms with Gasteiger partial charge in [0, 0.05) is 17.8 Å². The lowest BCUT2D eigenvalue weighted by Crippen LogP contribution is -2.11. The van der Waals surface area contributed by atoms with Crippen LogP contribution in [0.4, 0.5) is 0 Å². The number of hydrogen-bond donors (Lipinski definition) is 0. The molecule has 0 aliphatic heterocycles. The van der Waals surface area contributed by atoms with E-state index in [-0.39, 0.29) is 12.0 Å². The van der Waals surface area contributed by atoms with Gasteiger partial charge >= 0.3 is 0 Å². The SMILES string of the molecule is COc1cc(C(C)C)ccc(COc2ccccn2)c1=O. The summed E-state index contributed by atoms with van der Waals surface area (Å²) < 4.78 is 10.8. The van der Waals surface area contributed by atoms with E-state index in [1.165, 1.54) is 7.11 Å². The van der Waals surface area contributed by atoms with E-state index in [1.54, 1.807) is 24.4 Å². The summed E-state index contributed by atoms with van der Waals surface area (Å²) >= 11 is 0. The molecular weight excluding hydrogens is 266 g/mol. The molecule has 0 radical (unpaired) electrons. The predicted octanol–water partition coefficient (Wildman–Crippen LogP) is 3.15. The van der Waals surface area contributed by atoms with Crippen molar-refractivity contribution < 1.29 is 9.47 Å². The molecule has 0 fully saturated rings. The lowest BCUT2D eigenvalue weighted by molar-refractivity contribution is 0.292. The fourth-order valence-corrected chi connectivity index (χ4v) is 1.90. The van der Waals surface area contributed by atoms with Crippen molar-refractivity contribution in [1.29, 1.82) is 0 Å². The Hall–Kier alpha value is -2.36. The van der Waals surface area contributed by atoms with Crippen LogP contribution in [0.15, 0.2) is 47.4 Å². The summed E-state index contributed by atoms with van der Waals surface area (Å²) in [6.07, 6.45) is 1.65. The third-order valence-corrected chi connectivity index (χ3v) is 3.19. The Kier molecular flexibility index (Phi) is 4.93. The van der Waals surface area contributed by atoms with Crippen LogP contribution in [0.3, 0.4) is 0 Å². The van der Waals surface area contributed by atoms with Crippen LogP contribution in [0.25, 0.3) is 0 Å². The zero-order valence-corrected chi connectivity index (χ0v) is 12.5. The Bertz CT molecular complexity index is 654. The summed E-state index contributed by atoms with van der Waals surface area (Å²) in [6.45, 7) is 4.31. The molecule has 0 bridgehead atoms. The molecule has 0 spiro atoms. The second kappa shape index (κ2) is 6.88. The summed E-state index contributed by atoms with van der Waals surface area (Å²) in [5, 5.41) is 0. The molecule has 1 aromatic heterocycles. The molecular formula is C17H19NO3. The number of ether oxygens (including phenoxy) is 2. The Labute approximate surface area is 124 Å². The summed E-state index contributed by atoms with van der Waals surface area (Å²) in [6, 6.07) is 10.9. The van der Waals surface area contributed by atoms with Gasteiger partial charge in [-0.1, -0.05) is 32.0 Å². The largest absolute Gasteiger partial charge is 0.493 e. The zero-order chi connectivity index (χ0) is 15.2.